The SMILES string of the molecule is Cc1cc(CNC(=O)Cn2ncccc2=O)nc(N2CCCC2)n1. The van der Waals surface area contributed by atoms with Gasteiger partial charge in [0.2, 0.25) is 11.9 Å². The molecule has 0 bridgehead atoms. The van der Waals surface area contributed by atoms with Crippen LogP contribution in [0.4, 0.5) is 5.95 Å². The summed E-state index contributed by atoms with van der Waals surface area (Å²) in [6.07, 6.45) is 3.79. The van der Waals surface area contributed by atoms with E-state index in [1.807, 2.05) is 13.0 Å². The van der Waals surface area contributed by atoms with Crippen molar-refractivity contribution in [2.24, 2.45) is 0 Å². The van der Waals surface area contributed by atoms with Gasteiger partial charge < -0.3 is 10.2 Å². The van der Waals surface area contributed by atoms with Gasteiger partial charge in [-0.15, -0.1) is 0 Å². The molecule has 8 heteroatoms. The molecule has 0 atom stereocenters. The largest absolute Gasteiger partial charge is 0.349 e. The normalized spacial score (nSPS) is 14.0. The molecular formula is C16H20N6O2. The Hall–Kier alpha value is -2.77. The Bertz CT molecular complexity index is 782. The van der Waals surface area contributed by atoms with Gasteiger partial charge in [-0.05, 0) is 31.9 Å². The molecule has 24 heavy (non-hydrogen) atoms. The third-order valence-corrected chi connectivity index (χ3v) is 3.83. The summed E-state index contributed by atoms with van der Waals surface area (Å²) in [6, 6.07) is 4.77. The van der Waals surface area contributed by atoms with Gasteiger partial charge in [0.1, 0.15) is 6.54 Å². The second-order valence-electron chi connectivity index (χ2n) is 5.79. The average Bonchev–Trinajstić information content (AvgIpc) is 3.09. The summed E-state index contributed by atoms with van der Waals surface area (Å²) in [4.78, 5) is 34.7. The lowest BCUT2D eigenvalue weighted by molar-refractivity contribution is -0.122. The van der Waals surface area contributed by atoms with Crippen LogP contribution in [0.1, 0.15) is 24.2 Å². The van der Waals surface area contributed by atoms with E-state index in [4.69, 9.17) is 0 Å². The van der Waals surface area contributed by atoms with Crippen LogP contribution < -0.4 is 15.8 Å². The van der Waals surface area contributed by atoms with E-state index < -0.39 is 0 Å². The molecule has 1 fully saturated rings. The van der Waals surface area contributed by atoms with E-state index in [1.54, 1.807) is 6.07 Å². The Morgan fingerprint density at radius 3 is 2.83 bits per heavy atom. The molecule has 1 aliphatic heterocycles. The van der Waals surface area contributed by atoms with Crippen molar-refractivity contribution in [1.82, 2.24) is 25.1 Å². The molecule has 3 heterocycles. The van der Waals surface area contributed by atoms with E-state index in [9.17, 15) is 9.59 Å². The maximum absolute atomic E-state index is 12.0. The molecule has 126 valence electrons. The van der Waals surface area contributed by atoms with Crippen LogP contribution in [-0.4, -0.2) is 38.7 Å². The minimum atomic E-state index is -0.304. The lowest BCUT2D eigenvalue weighted by Crippen LogP contribution is -2.33. The molecule has 2 aromatic rings. The van der Waals surface area contributed by atoms with Crippen molar-refractivity contribution in [3.63, 3.8) is 0 Å². The van der Waals surface area contributed by atoms with E-state index in [1.165, 1.54) is 12.3 Å². The standard InChI is InChI=1S/C16H20N6O2/c1-12-9-13(20-16(19-12)21-7-2-3-8-21)10-17-14(23)11-22-15(24)5-4-6-18-22/h4-6,9H,2-3,7-8,10-11H2,1H3,(H,17,23). The zero-order valence-corrected chi connectivity index (χ0v) is 13.6. The lowest BCUT2D eigenvalue weighted by atomic mass is 10.3. The first-order valence-electron chi connectivity index (χ1n) is 8.00. The Labute approximate surface area is 139 Å². The van der Waals surface area contributed by atoms with Crippen LogP contribution in [-0.2, 0) is 17.9 Å². The fourth-order valence-corrected chi connectivity index (χ4v) is 2.65. The molecule has 0 aromatic carbocycles. The fourth-order valence-electron chi connectivity index (χ4n) is 2.65. The van der Waals surface area contributed by atoms with Crippen LogP contribution >= 0.6 is 0 Å². The van der Waals surface area contributed by atoms with Crippen molar-refractivity contribution in [3.8, 4) is 0 Å². The number of aromatic nitrogens is 4. The predicted octanol–water partition coefficient (Wildman–Crippen LogP) is 0.258. The second-order valence-corrected chi connectivity index (χ2v) is 5.79. The van der Waals surface area contributed by atoms with Gasteiger partial charge in [-0.25, -0.2) is 14.6 Å². The maximum Gasteiger partial charge on any atom is 0.267 e. The number of carbonyl (C=O) groups excluding carboxylic acids is 1. The fraction of sp³-hybridized carbons (Fsp3) is 0.438. The first-order chi connectivity index (χ1) is 11.6. The molecule has 2 aromatic heterocycles. The van der Waals surface area contributed by atoms with E-state index in [0.29, 0.717) is 6.54 Å². The number of nitrogens with zero attached hydrogens (tertiary/aromatic N) is 5. The highest BCUT2D eigenvalue weighted by atomic mass is 16.2. The smallest absolute Gasteiger partial charge is 0.267 e. The number of aryl methyl sites for hydroxylation is 1. The molecule has 1 N–H and O–H groups in total. The number of nitrogens with one attached hydrogen (secondary N) is 1. The number of hydrogen-bond donors (Lipinski definition) is 1. The monoisotopic (exact) mass is 328 g/mol. The summed E-state index contributed by atoms with van der Waals surface area (Å²) in [7, 11) is 0. The Kier molecular flexibility index (Phi) is 4.83. The van der Waals surface area contributed by atoms with Gasteiger partial charge in [0.05, 0.1) is 12.2 Å². The molecule has 0 radical (unpaired) electrons. The van der Waals surface area contributed by atoms with Crippen molar-refractivity contribution in [3.05, 3.63) is 46.1 Å². The highest BCUT2D eigenvalue weighted by Gasteiger charge is 2.16. The van der Waals surface area contributed by atoms with Crippen LogP contribution in [0.25, 0.3) is 0 Å². The highest BCUT2D eigenvalue weighted by molar-refractivity contribution is 5.75. The van der Waals surface area contributed by atoms with Gasteiger partial charge in [0, 0.05) is 31.0 Å². The van der Waals surface area contributed by atoms with Gasteiger partial charge in [0.15, 0.2) is 0 Å². The zero-order valence-electron chi connectivity index (χ0n) is 13.6. The summed E-state index contributed by atoms with van der Waals surface area (Å²) < 4.78 is 1.12. The first kappa shape index (κ1) is 16.1. The lowest BCUT2D eigenvalue weighted by Gasteiger charge is -2.16. The third-order valence-electron chi connectivity index (χ3n) is 3.83. The Balaban J connectivity index is 1.62. The number of amides is 1. The van der Waals surface area contributed by atoms with Crippen LogP contribution in [0.2, 0.25) is 0 Å². The highest BCUT2D eigenvalue weighted by Crippen LogP contribution is 2.16. The third kappa shape index (κ3) is 3.95. The molecule has 0 aliphatic carbocycles. The van der Waals surface area contributed by atoms with Crippen LogP contribution in [0.15, 0.2) is 29.2 Å². The van der Waals surface area contributed by atoms with Gasteiger partial charge in [0.25, 0.3) is 5.56 Å². The first-order valence-corrected chi connectivity index (χ1v) is 8.00. The Morgan fingerprint density at radius 2 is 2.08 bits per heavy atom. The quantitative estimate of drug-likeness (QED) is 0.846. The molecule has 1 aliphatic rings. The van der Waals surface area contributed by atoms with Crippen LogP contribution in [0.3, 0.4) is 0 Å². The van der Waals surface area contributed by atoms with E-state index >= 15 is 0 Å². The zero-order chi connectivity index (χ0) is 16.9. The van der Waals surface area contributed by atoms with Crippen molar-refractivity contribution in [2.45, 2.75) is 32.9 Å². The Morgan fingerprint density at radius 1 is 1.29 bits per heavy atom. The second kappa shape index (κ2) is 7.20. The summed E-state index contributed by atoms with van der Waals surface area (Å²) in [6.45, 7) is 4.04. The average molecular weight is 328 g/mol. The molecule has 0 saturated carbocycles. The van der Waals surface area contributed by atoms with E-state index in [2.05, 4.69) is 25.3 Å². The molecule has 0 unspecified atom stereocenters. The molecule has 1 amide bonds. The molecule has 0 spiro atoms. The van der Waals surface area contributed by atoms with E-state index in [-0.39, 0.29) is 18.0 Å². The minimum absolute atomic E-state index is 0.108. The number of carbonyl (C=O) groups is 1. The van der Waals surface area contributed by atoms with E-state index in [0.717, 1.165) is 47.9 Å². The number of rotatable bonds is 5. The summed E-state index contributed by atoms with van der Waals surface area (Å²) in [5.74, 6) is 0.437. The molecule has 1 saturated heterocycles. The predicted molar refractivity (Wildman–Crippen MR) is 88.6 cm³/mol. The summed E-state index contributed by atoms with van der Waals surface area (Å²) in [5.41, 5.74) is 1.32. The molecular weight excluding hydrogens is 308 g/mol. The summed E-state index contributed by atoms with van der Waals surface area (Å²) >= 11 is 0. The number of anilines is 1. The molecule has 8 nitrogen and oxygen atoms in total. The van der Waals surface area contributed by atoms with Crippen LogP contribution in [0, 0.1) is 6.92 Å². The van der Waals surface area contributed by atoms with Crippen molar-refractivity contribution in [2.75, 3.05) is 18.0 Å². The van der Waals surface area contributed by atoms with Gasteiger partial charge >= 0.3 is 0 Å². The van der Waals surface area contributed by atoms with Crippen LogP contribution in [0.5, 0.6) is 0 Å². The van der Waals surface area contributed by atoms with Gasteiger partial charge in [-0.1, -0.05) is 0 Å². The summed E-state index contributed by atoms with van der Waals surface area (Å²) in [5, 5.41) is 6.64. The van der Waals surface area contributed by atoms with Crippen molar-refractivity contribution < 1.29 is 4.79 Å². The topological polar surface area (TPSA) is 93.0 Å². The minimum Gasteiger partial charge on any atom is -0.349 e. The van der Waals surface area contributed by atoms with Gasteiger partial charge in [-0.2, -0.15) is 5.10 Å². The molecule has 3 rings (SSSR count). The van der Waals surface area contributed by atoms with Gasteiger partial charge in [-0.3, -0.25) is 9.59 Å². The van der Waals surface area contributed by atoms with Crippen molar-refractivity contribution in [1.29, 1.82) is 0 Å². The maximum atomic E-state index is 12.0. The number of hydrogen-bond acceptors (Lipinski definition) is 6. The van der Waals surface area contributed by atoms with Crippen molar-refractivity contribution >= 4 is 11.9 Å².